The highest BCUT2D eigenvalue weighted by Crippen LogP contribution is 2.30. The lowest BCUT2D eigenvalue weighted by Gasteiger charge is -2.35. The van der Waals surface area contributed by atoms with Crippen LogP contribution in [0.15, 0.2) is 30.3 Å². The fraction of sp³-hybridized carbons (Fsp3) is 0.824. The maximum absolute atomic E-state index is 11.7. The number of nitrogens with one attached hydrogen (secondary N) is 2. The Labute approximate surface area is 277 Å². The molecule has 0 aliphatic heterocycles. The van der Waals surface area contributed by atoms with E-state index in [1.54, 1.807) is 0 Å². The van der Waals surface area contributed by atoms with Gasteiger partial charge in [-0.1, -0.05) is 146 Å². The second-order valence-corrected chi connectivity index (χ2v) is 15.1. The highest BCUT2D eigenvalue weighted by molar-refractivity contribution is 9.09. The summed E-state index contributed by atoms with van der Waals surface area (Å²) in [5, 5.41) is 58.0. The van der Waals surface area contributed by atoms with E-state index in [0.29, 0.717) is 18.8 Å². The predicted molar refractivity (Wildman–Crippen MR) is 183 cm³/mol. The van der Waals surface area contributed by atoms with Crippen LogP contribution in [0, 0.1) is 5.92 Å². The van der Waals surface area contributed by atoms with Crippen molar-refractivity contribution in [3.8, 4) is 0 Å². The normalized spacial score (nSPS) is 18.3. The third-order valence-electron chi connectivity index (χ3n) is 8.81. The predicted octanol–water partition coefficient (Wildman–Crippen LogP) is 6.61. The zero-order valence-corrected chi connectivity index (χ0v) is 29.4. The van der Waals surface area contributed by atoms with Crippen molar-refractivity contribution >= 4 is 31.9 Å². The van der Waals surface area contributed by atoms with Crippen LogP contribution in [-0.2, 0) is 6.42 Å². The maximum Gasteiger partial charge on any atom is 0.123 e. The quantitative estimate of drug-likeness (QED) is 0.0261. The molecule has 4 atom stereocenters. The molecule has 0 aromatic heterocycles. The van der Waals surface area contributed by atoms with Crippen molar-refractivity contribution in [3.63, 3.8) is 0 Å². The van der Waals surface area contributed by atoms with E-state index in [4.69, 9.17) is 10.2 Å². The van der Waals surface area contributed by atoms with Crippen LogP contribution in [0.1, 0.15) is 128 Å². The SMILES string of the molecule is OCCC(O)(CCO)NC(Br)CCCCCCCCCCC(Br)NC(O)(Cc1ccccc1)CC(O)CC1CCCCC1. The second-order valence-electron chi connectivity index (χ2n) is 12.9. The number of hydrogen-bond donors (Lipinski definition) is 7. The van der Waals surface area contributed by atoms with Crippen molar-refractivity contribution in [2.75, 3.05) is 13.2 Å². The summed E-state index contributed by atoms with van der Waals surface area (Å²) in [5.74, 6) is 0.573. The van der Waals surface area contributed by atoms with Crippen LogP contribution in [0.3, 0.4) is 0 Å². The summed E-state index contributed by atoms with van der Waals surface area (Å²) >= 11 is 7.34. The molecule has 0 spiro atoms. The standard InChI is InChI=1S/C34H60Br2N2O5/c35-31(37-33(42,21-23-39)22-24-40)19-13-5-3-1-2-4-6-14-20-32(36)38-34(43,26-29-17-11-8-12-18-29)27-30(41)25-28-15-9-7-10-16-28/h8,11-12,17-18,28,30-32,37-43H,1-7,9-10,13-16,19-27H2. The molecule has 250 valence electrons. The third kappa shape index (κ3) is 18.0. The molecule has 9 heteroatoms. The van der Waals surface area contributed by atoms with E-state index in [9.17, 15) is 15.3 Å². The molecule has 1 aliphatic carbocycles. The van der Waals surface area contributed by atoms with Gasteiger partial charge in [0.05, 0.1) is 16.0 Å². The van der Waals surface area contributed by atoms with Crippen molar-refractivity contribution < 1.29 is 25.5 Å². The van der Waals surface area contributed by atoms with Crippen LogP contribution >= 0.6 is 31.9 Å². The number of benzene rings is 1. The van der Waals surface area contributed by atoms with E-state index in [1.165, 1.54) is 57.8 Å². The fourth-order valence-corrected chi connectivity index (χ4v) is 7.97. The Hall–Kier alpha value is -0.100. The van der Waals surface area contributed by atoms with Crippen LogP contribution in [0.5, 0.6) is 0 Å². The van der Waals surface area contributed by atoms with E-state index in [2.05, 4.69) is 42.5 Å². The van der Waals surface area contributed by atoms with Gasteiger partial charge < -0.3 is 25.5 Å². The third-order valence-corrected chi connectivity index (χ3v) is 10.2. The number of rotatable bonds is 25. The first kappa shape index (κ1) is 39.1. The van der Waals surface area contributed by atoms with Crippen LogP contribution in [-0.4, -0.2) is 66.2 Å². The van der Waals surface area contributed by atoms with E-state index in [1.807, 2.05) is 30.3 Å². The lowest BCUT2D eigenvalue weighted by molar-refractivity contribution is -0.0454. The molecule has 1 aliphatic rings. The largest absolute Gasteiger partial charge is 0.396 e. The molecule has 1 aromatic carbocycles. The van der Waals surface area contributed by atoms with Gasteiger partial charge in [0.2, 0.25) is 0 Å². The smallest absolute Gasteiger partial charge is 0.123 e. The molecule has 1 saturated carbocycles. The molecule has 0 heterocycles. The van der Waals surface area contributed by atoms with Crippen molar-refractivity contribution in [2.24, 2.45) is 5.92 Å². The molecule has 0 amide bonds. The van der Waals surface area contributed by atoms with Crippen molar-refractivity contribution in [2.45, 2.75) is 156 Å². The van der Waals surface area contributed by atoms with E-state index in [-0.39, 0.29) is 36.0 Å². The van der Waals surface area contributed by atoms with Gasteiger partial charge in [-0.3, -0.25) is 10.6 Å². The number of aliphatic hydroxyl groups excluding tert-OH is 3. The maximum atomic E-state index is 11.7. The fourth-order valence-electron chi connectivity index (χ4n) is 6.47. The van der Waals surface area contributed by atoms with E-state index >= 15 is 0 Å². The highest BCUT2D eigenvalue weighted by atomic mass is 79.9. The zero-order valence-electron chi connectivity index (χ0n) is 26.2. The topological polar surface area (TPSA) is 125 Å². The van der Waals surface area contributed by atoms with Crippen molar-refractivity contribution in [1.82, 2.24) is 10.6 Å². The Kier molecular flexibility index (Phi) is 20.4. The lowest BCUT2D eigenvalue weighted by atomic mass is 9.83. The molecule has 0 saturated heterocycles. The molecular weight excluding hydrogens is 676 g/mol. The molecule has 0 bridgehead atoms. The van der Waals surface area contributed by atoms with Crippen molar-refractivity contribution in [1.29, 1.82) is 0 Å². The van der Waals surface area contributed by atoms with Gasteiger partial charge >= 0.3 is 0 Å². The van der Waals surface area contributed by atoms with Gasteiger partial charge in [-0.25, -0.2) is 0 Å². The van der Waals surface area contributed by atoms with Crippen LogP contribution < -0.4 is 10.6 Å². The Morgan fingerprint density at radius 1 is 0.721 bits per heavy atom. The van der Waals surface area contributed by atoms with Gasteiger partial charge in [0.25, 0.3) is 0 Å². The average molecular weight is 737 g/mol. The van der Waals surface area contributed by atoms with Crippen LogP contribution in [0.2, 0.25) is 0 Å². The molecule has 2 rings (SSSR count). The van der Waals surface area contributed by atoms with Crippen LogP contribution in [0.25, 0.3) is 0 Å². The van der Waals surface area contributed by atoms with Gasteiger partial charge in [0, 0.05) is 38.9 Å². The second kappa shape index (κ2) is 22.4. The molecule has 1 aromatic rings. The summed E-state index contributed by atoms with van der Waals surface area (Å²) in [5.41, 5.74) is -1.34. The Morgan fingerprint density at radius 2 is 1.21 bits per heavy atom. The molecule has 7 nitrogen and oxygen atoms in total. The van der Waals surface area contributed by atoms with Gasteiger partial charge in [-0.05, 0) is 30.7 Å². The molecular formula is C34H60Br2N2O5. The summed E-state index contributed by atoms with van der Waals surface area (Å²) in [4.78, 5) is -0.0618. The first-order chi connectivity index (χ1) is 20.7. The van der Waals surface area contributed by atoms with Gasteiger partial charge in [0.1, 0.15) is 11.4 Å². The number of aliphatic hydroxyl groups is 5. The average Bonchev–Trinajstić information content (AvgIpc) is 2.94. The molecule has 43 heavy (non-hydrogen) atoms. The molecule has 0 radical (unpaired) electrons. The minimum absolute atomic E-state index is 0.0127. The summed E-state index contributed by atoms with van der Waals surface area (Å²) in [6.07, 6.45) is 18.7. The number of alkyl halides is 2. The van der Waals surface area contributed by atoms with E-state index in [0.717, 1.165) is 50.5 Å². The summed E-state index contributed by atoms with van der Waals surface area (Å²) < 4.78 is 0. The Bertz CT molecular complexity index is 811. The Morgan fingerprint density at radius 3 is 1.72 bits per heavy atom. The summed E-state index contributed by atoms with van der Waals surface area (Å²) in [7, 11) is 0. The monoisotopic (exact) mass is 734 g/mol. The first-order valence-corrected chi connectivity index (χ1v) is 18.7. The van der Waals surface area contributed by atoms with Gasteiger partial charge in [-0.2, -0.15) is 0 Å². The van der Waals surface area contributed by atoms with E-state index < -0.39 is 17.6 Å². The minimum atomic E-state index is -1.24. The lowest BCUT2D eigenvalue weighted by Crippen LogP contribution is -2.52. The summed E-state index contributed by atoms with van der Waals surface area (Å²) in [6.45, 7) is -0.256. The first-order valence-electron chi connectivity index (χ1n) is 16.9. The summed E-state index contributed by atoms with van der Waals surface area (Å²) in [6, 6.07) is 10.1. The number of hydrogen-bond acceptors (Lipinski definition) is 7. The number of unbranched alkanes of at least 4 members (excludes halogenated alkanes) is 7. The molecule has 7 N–H and O–H groups in total. The van der Waals surface area contributed by atoms with Gasteiger partial charge in [-0.15, -0.1) is 0 Å². The minimum Gasteiger partial charge on any atom is -0.396 e. The Balaban J connectivity index is 1.62. The molecule has 1 fully saturated rings. The van der Waals surface area contributed by atoms with Crippen LogP contribution in [0.4, 0.5) is 0 Å². The molecule has 4 unspecified atom stereocenters. The van der Waals surface area contributed by atoms with Crippen molar-refractivity contribution in [3.05, 3.63) is 35.9 Å². The highest BCUT2D eigenvalue weighted by Gasteiger charge is 2.33. The zero-order chi connectivity index (χ0) is 31.4. The van der Waals surface area contributed by atoms with Gasteiger partial charge in [0.15, 0.2) is 0 Å². The number of halogens is 2.